The number of rotatable bonds is 3. The first kappa shape index (κ1) is 10.8. The second-order valence-corrected chi connectivity index (χ2v) is 4.27. The van der Waals surface area contributed by atoms with Crippen molar-refractivity contribution in [2.75, 3.05) is 13.1 Å². The Morgan fingerprint density at radius 2 is 2.15 bits per heavy atom. The lowest BCUT2D eigenvalue weighted by atomic mass is 10.1. The van der Waals surface area contributed by atoms with Crippen LogP contribution in [0, 0.1) is 0 Å². The highest BCUT2D eigenvalue weighted by molar-refractivity contribution is 4.97. The highest BCUT2D eigenvalue weighted by Gasteiger charge is 2.16. The van der Waals surface area contributed by atoms with Crippen molar-refractivity contribution in [1.29, 1.82) is 0 Å². The lowest BCUT2D eigenvalue weighted by Crippen LogP contribution is -2.34. The monoisotopic (exact) mass is 181 g/mol. The highest BCUT2D eigenvalue weighted by Crippen LogP contribution is 2.17. The summed E-state index contributed by atoms with van der Waals surface area (Å²) >= 11 is 0. The molecule has 1 aliphatic rings. The van der Waals surface area contributed by atoms with Crippen molar-refractivity contribution in [3.8, 4) is 0 Å². The summed E-state index contributed by atoms with van der Waals surface area (Å²) in [6.07, 6.45) is 6.71. The molecule has 0 bridgehead atoms. The minimum absolute atomic E-state index is 0.769. The van der Waals surface area contributed by atoms with Gasteiger partial charge >= 0.3 is 0 Å². The van der Waals surface area contributed by atoms with Crippen LogP contribution >= 0.6 is 0 Å². The molecule has 1 heteroatoms. The van der Waals surface area contributed by atoms with Crippen molar-refractivity contribution in [2.24, 2.45) is 0 Å². The first-order chi connectivity index (χ1) is 6.24. The van der Waals surface area contributed by atoms with E-state index < -0.39 is 0 Å². The van der Waals surface area contributed by atoms with Gasteiger partial charge in [-0.2, -0.15) is 0 Å². The molecule has 0 aromatic heterocycles. The maximum atomic E-state index is 4.09. The van der Waals surface area contributed by atoms with Crippen LogP contribution in [-0.4, -0.2) is 24.0 Å². The minimum atomic E-state index is 0.769. The van der Waals surface area contributed by atoms with Crippen LogP contribution in [0.4, 0.5) is 0 Å². The summed E-state index contributed by atoms with van der Waals surface area (Å²) in [4.78, 5) is 2.60. The van der Waals surface area contributed by atoms with Gasteiger partial charge in [0.05, 0.1) is 0 Å². The quantitative estimate of drug-likeness (QED) is 0.604. The van der Waals surface area contributed by atoms with E-state index in [1.165, 1.54) is 37.8 Å². The van der Waals surface area contributed by atoms with Crippen LogP contribution in [0.3, 0.4) is 0 Å². The second-order valence-electron chi connectivity index (χ2n) is 4.27. The molecule has 0 N–H and O–H groups in total. The van der Waals surface area contributed by atoms with Crippen molar-refractivity contribution < 1.29 is 0 Å². The predicted molar refractivity (Wildman–Crippen MR) is 58.9 cm³/mol. The molecule has 1 saturated heterocycles. The zero-order valence-electron chi connectivity index (χ0n) is 9.18. The van der Waals surface area contributed by atoms with Crippen molar-refractivity contribution in [3.63, 3.8) is 0 Å². The van der Waals surface area contributed by atoms with E-state index in [9.17, 15) is 0 Å². The van der Waals surface area contributed by atoms with Crippen molar-refractivity contribution >= 4 is 0 Å². The lowest BCUT2D eigenvalue weighted by molar-refractivity contribution is 0.230. The average molecular weight is 181 g/mol. The van der Waals surface area contributed by atoms with Crippen LogP contribution in [0.2, 0.25) is 0 Å². The standard InChI is InChI=1S/C12H23N/c1-4-11(2)10-13-9-7-5-6-8-12(13)3/h12H,2,4-10H2,1,3H3. The maximum absolute atomic E-state index is 4.09. The predicted octanol–water partition coefficient (Wildman–Crippen LogP) is 3.22. The van der Waals surface area contributed by atoms with E-state index in [0.29, 0.717) is 0 Å². The molecule has 0 aromatic carbocycles. The molecule has 13 heavy (non-hydrogen) atoms. The van der Waals surface area contributed by atoms with Crippen molar-refractivity contribution in [3.05, 3.63) is 12.2 Å². The largest absolute Gasteiger partial charge is 0.297 e. The first-order valence-corrected chi connectivity index (χ1v) is 5.64. The molecule has 0 aliphatic carbocycles. The van der Waals surface area contributed by atoms with Gasteiger partial charge < -0.3 is 0 Å². The Hall–Kier alpha value is -0.300. The Labute approximate surface area is 82.8 Å². The number of hydrogen-bond acceptors (Lipinski definition) is 1. The fourth-order valence-corrected chi connectivity index (χ4v) is 1.97. The van der Waals surface area contributed by atoms with Crippen molar-refractivity contribution in [1.82, 2.24) is 4.90 Å². The van der Waals surface area contributed by atoms with Gasteiger partial charge in [0.2, 0.25) is 0 Å². The van der Waals surface area contributed by atoms with Gasteiger partial charge in [-0.05, 0) is 32.7 Å². The van der Waals surface area contributed by atoms with Gasteiger partial charge in [-0.15, -0.1) is 0 Å². The first-order valence-electron chi connectivity index (χ1n) is 5.64. The van der Waals surface area contributed by atoms with Crippen molar-refractivity contribution in [2.45, 2.75) is 52.0 Å². The van der Waals surface area contributed by atoms with Crippen LogP contribution in [0.15, 0.2) is 12.2 Å². The fourth-order valence-electron chi connectivity index (χ4n) is 1.97. The van der Waals surface area contributed by atoms with Gasteiger partial charge in [0.25, 0.3) is 0 Å². The van der Waals surface area contributed by atoms with Crippen LogP contribution in [0.5, 0.6) is 0 Å². The third kappa shape index (κ3) is 3.51. The third-order valence-electron chi connectivity index (χ3n) is 3.12. The molecule has 1 nitrogen and oxygen atoms in total. The fraction of sp³-hybridized carbons (Fsp3) is 0.833. The molecule has 0 saturated carbocycles. The zero-order valence-corrected chi connectivity index (χ0v) is 9.18. The Balaban J connectivity index is 2.40. The molecule has 1 aliphatic heterocycles. The van der Waals surface area contributed by atoms with Gasteiger partial charge in [-0.25, -0.2) is 0 Å². The molecule has 0 aromatic rings. The minimum Gasteiger partial charge on any atom is -0.297 e. The van der Waals surface area contributed by atoms with E-state index in [2.05, 4.69) is 25.3 Å². The molecule has 0 radical (unpaired) electrons. The van der Waals surface area contributed by atoms with E-state index in [0.717, 1.165) is 19.0 Å². The van der Waals surface area contributed by atoms with Crippen LogP contribution in [0.25, 0.3) is 0 Å². The summed E-state index contributed by atoms with van der Waals surface area (Å²) in [6, 6.07) is 0.769. The summed E-state index contributed by atoms with van der Waals surface area (Å²) in [5, 5.41) is 0. The summed E-state index contributed by atoms with van der Waals surface area (Å²) in [6.45, 7) is 11.0. The van der Waals surface area contributed by atoms with E-state index in [-0.39, 0.29) is 0 Å². The van der Waals surface area contributed by atoms with E-state index in [1.807, 2.05) is 0 Å². The summed E-state index contributed by atoms with van der Waals surface area (Å²) in [7, 11) is 0. The van der Waals surface area contributed by atoms with E-state index in [4.69, 9.17) is 0 Å². The molecule has 76 valence electrons. The molecule has 0 spiro atoms. The molecule has 1 atom stereocenters. The molecule has 1 unspecified atom stereocenters. The molecular weight excluding hydrogens is 158 g/mol. The topological polar surface area (TPSA) is 3.24 Å². The average Bonchev–Trinajstić information content (AvgIpc) is 2.32. The summed E-state index contributed by atoms with van der Waals surface area (Å²) in [5.74, 6) is 0. The van der Waals surface area contributed by atoms with Crippen LogP contribution in [0.1, 0.15) is 46.0 Å². The summed E-state index contributed by atoms with van der Waals surface area (Å²) < 4.78 is 0. The van der Waals surface area contributed by atoms with E-state index >= 15 is 0 Å². The molecule has 1 fully saturated rings. The van der Waals surface area contributed by atoms with E-state index in [1.54, 1.807) is 0 Å². The SMILES string of the molecule is C=C(CC)CN1CCCCCC1C. The maximum Gasteiger partial charge on any atom is 0.0192 e. The summed E-state index contributed by atoms with van der Waals surface area (Å²) in [5.41, 5.74) is 1.38. The number of likely N-dealkylation sites (tertiary alicyclic amines) is 1. The van der Waals surface area contributed by atoms with Crippen LogP contribution < -0.4 is 0 Å². The number of hydrogen-bond donors (Lipinski definition) is 0. The molecule has 0 amide bonds. The Kier molecular flexibility index (Phi) is 4.51. The Morgan fingerprint density at radius 3 is 2.85 bits per heavy atom. The second kappa shape index (κ2) is 5.43. The smallest absolute Gasteiger partial charge is 0.0192 e. The molecular formula is C12H23N. The Morgan fingerprint density at radius 1 is 1.38 bits per heavy atom. The van der Waals surface area contributed by atoms with Gasteiger partial charge in [0.15, 0.2) is 0 Å². The molecule has 1 heterocycles. The lowest BCUT2D eigenvalue weighted by Gasteiger charge is -2.27. The Bertz CT molecular complexity index is 163. The third-order valence-corrected chi connectivity index (χ3v) is 3.12. The van der Waals surface area contributed by atoms with Gasteiger partial charge in [0, 0.05) is 12.6 Å². The number of nitrogens with zero attached hydrogens (tertiary/aromatic N) is 1. The highest BCUT2D eigenvalue weighted by atomic mass is 15.1. The normalized spacial score (nSPS) is 25.5. The van der Waals surface area contributed by atoms with Gasteiger partial charge in [-0.1, -0.05) is 31.9 Å². The van der Waals surface area contributed by atoms with Gasteiger partial charge in [0.1, 0.15) is 0 Å². The van der Waals surface area contributed by atoms with Gasteiger partial charge in [-0.3, -0.25) is 4.90 Å². The zero-order chi connectivity index (χ0) is 9.68. The molecule has 1 rings (SSSR count). The van der Waals surface area contributed by atoms with Crippen LogP contribution in [-0.2, 0) is 0 Å².